The molecule has 2 aromatic heterocycles. The van der Waals surface area contributed by atoms with E-state index in [1.165, 1.54) is 11.7 Å². The SMILES string of the molecule is COc1ccc(-c2cc3c(=O)n(C[C@@H](O)c4ccc(OC)c(OC)c4)ccn3n2)cc1. The van der Waals surface area contributed by atoms with Crippen LogP contribution in [0.1, 0.15) is 11.7 Å². The lowest BCUT2D eigenvalue weighted by Crippen LogP contribution is -2.24. The van der Waals surface area contributed by atoms with E-state index in [4.69, 9.17) is 14.2 Å². The van der Waals surface area contributed by atoms with Gasteiger partial charge >= 0.3 is 0 Å². The summed E-state index contributed by atoms with van der Waals surface area (Å²) in [4.78, 5) is 13.0. The third kappa shape index (κ3) is 3.97. The number of hydrogen-bond acceptors (Lipinski definition) is 6. The van der Waals surface area contributed by atoms with Crippen molar-refractivity contribution in [2.45, 2.75) is 12.6 Å². The summed E-state index contributed by atoms with van der Waals surface area (Å²) in [7, 11) is 4.69. The van der Waals surface area contributed by atoms with Crippen molar-refractivity contribution >= 4 is 5.52 Å². The number of aliphatic hydroxyl groups is 1. The Morgan fingerprint density at radius 1 is 0.935 bits per heavy atom. The minimum atomic E-state index is -0.899. The largest absolute Gasteiger partial charge is 0.497 e. The van der Waals surface area contributed by atoms with Crippen LogP contribution >= 0.6 is 0 Å². The molecule has 4 rings (SSSR count). The molecule has 31 heavy (non-hydrogen) atoms. The Hall–Kier alpha value is -3.78. The van der Waals surface area contributed by atoms with Crippen LogP contribution in [-0.2, 0) is 6.54 Å². The zero-order valence-corrected chi connectivity index (χ0v) is 17.5. The molecule has 0 aliphatic carbocycles. The summed E-state index contributed by atoms with van der Waals surface area (Å²) >= 11 is 0. The maximum Gasteiger partial charge on any atom is 0.276 e. The zero-order valence-electron chi connectivity index (χ0n) is 17.5. The van der Waals surface area contributed by atoms with Gasteiger partial charge in [-0.3, -0.25) is 4.79 Å². The molecular formula is C23H23N3O5. The van der Waals surface area contributed by atoms with Crippen molar-refractivity contribution in [3.05, 3.63) is 76.8 Å². The highest BCUT2D eigenvalue weighted by atomic mass is 16.5. The highest BCUT2D eigenvalue weighted by molar-refractivity contribution is 5.66. The Labute approximate surface area is 178 Å². The Bertz CT molecular complexity index is 1260. The van der Waals surface area contributed by atoms with Crippen LogP contribution in [0.4, 0.5) is 0 Å². The monoisotopic (exact) mass is 421 g/mol. The second-order valence-electron chi connectivity index (χ2n) is 6.97. The van der Waals surface area contributed by atoms with Gasteiger partial charge in [0.25, 0.3) is 5.56 Å². The van der Waals surface area contributed by atoms with Gasteiger partial charge in [0.05, 0.1) is 39.7 Å². The van der Waals surface area contributed by atoms with Gasteiger partial charge in [0.1, 0.15) is 11.3 Å². The molecule has 8 nitrogen and oxygen atoms in total. The minimum Gasteiger partial charge on any atom is -0.497 e. The Morgan fingerprint density at radius 2 is 1.68 bits per heavy atom. The van der Waals surface area contributed by atoms with Crippen LogP contribution in [0.5, 0.6) is 17.2 Å². The van der Waals surface area contributed by atoms with Crippen molar-refractivity contribution in [2.24, 2.45) is 0 Å². The highest BCUT2D eigenvalue weighted by Gasteiger charge is 2.15. The molecule has 0 aliphatic heterocycles. The number of aliphatic hydroxyl groups excluding tert-OH is 1. The van der Waals surface area contributed by atoms with Crippen LogP contribution in [0.15, 0.2) is 65.7 Å². The summed E-state index contributed by atoms with van der Waals surface area (Å²) in [6.45, 7) is 0.0911. The molecule has 0 unspecified atom stereocenters. The van der Waals surface area contributed by atoms with E-state index in [0.717, 1.165) is 11.3 Å². The maximum atomic E-state index is 13.0. The lowest BCUT2D eigenvalue weighted by Gasteiger charge is -2.15. The number of benzene rings is 2. The molecule has 0 saturated heterocycles. The normalized spacial score (nSPS) is 12.0. The lowest BCUT2D eigenvalue weighted by atomic mass is 10.1. The Balaban J connectivity index is 1.62. The number of aromatic nitrogens is 3. The second-order valence-corrected chi connectivity index (χ2v) is 6.97. The molecule has 0 fully saturated rings. The van der Waals surface area contributed by atoms with E-state index in [1.54, 1.807) is 55.4 Å². The average molecular weight is 421 g/mol. The molecular weight excluding hydrogens is 398 g/mol. The van der Waals surface area contributed by atoms with Gasteiger partial charge in [0, 0.05) is 18.0 Å². The number of rotatable bonds is 7. The van der Waals surface area contributed by atoms with Gasteiger partial charge in [-0.1, -0.05) is 6.07 Å². The molecule has 1 N–H and O–H groups in total. The van der Waals surface area contributed by atoms with Crippen LogP contribution in [0.3, 0.4) is 0 Å². The third-order valence-corrected chi connectivity index (χ3v) is 5.15. The van der Waals surface area contributed by atoms with Crippen LogP contribution in [0.2, 0.25) is 0 Å². The molecule has 0 aliphatic rings. The smallest absolute Gasteiger partial charge is 0.276 e. The van der Waals surface area contributed by atoms with Crippen LogP contribution < -0.4 is 19.8 Å². The molecule has 0 radical (unpaired) electrons. The van der Waals surface area contributed by atoms with Crippen molar-refractivity contribution in [1.29, 1.82) is 0 Å². The van der Waals surface area contributed by atoms with Crippen LogP contribution in [0.25, 0.3) is 16.8 Å². The first-order valence-corrected chi connectivity index (χ1v) is 9.67. The fourth-order valence-electron chi connectivity index (χ4n) is 3.42. The van der Waals surface area contributed by atoms with Crippen molar-refractivity contribution in [1.82, 2.24) is 14.2 Å². The molecule has 4 aromatic rings. The molecule has 0 saturated carbocycles. The van der Waals surface area contributed by atoms with Crippen molar-refractivity contribution in [3.63, 3.8) is 0 Å². The fourth-order valence-corrected chi connectivity index (χ4v) is 3.42. The minimum absolute atomic E-state index is 0.0911. The number of methoxy groups -OCH3 is 3. The maximum absolute atomic E-state index is 13.0. The molecule has 0 bridgehead atoms. The third-order valence-electron chi connectivity index (χ3n) is 5.15. The van der Waals surface area contributed by atoms with Crippen LogP contribution in [-0.4, -0.2) is 40.6 Å². The summed E-state index contributed by atoms with van der Waals surface area (Å²) in [6, 6.07) is 14.4. The summed E-state index contributed by atoms with van der Waals surface area (Å²) in [5, 5.41) is 15.2. The van der Waals surface area contributed by atoms with E-state index in [1.807, 2.05) is 24.3 Å². The first-order valence-electron chi connectivity index (χ1n) is 9.67. The molecule has 2 aromatic carbocycles. The first kappa shape index (κ1) is 20.5. The van der Waals surface area contributed by atoms with Gasteiger partial charge in [-0.15, -0.1) is 0 Å². The summed E-state index contributed by atoms with van der Waals surface area (Å²) < 4.78 is 18.7. The molecule has 160 valence electrons. The van der Waals surface area contributed by atoms with Crippen molar-refractivity contribution < 1.29 is 19.3 Å². The summed E-state index contributed by atoms with van der Waals surface area (Å²) in [5.41, 5.74) is 2.36. The van der Waals surface area contributed by atoms with Gasteiger partial charge in [0.15, 0.2) is 11.5 Å². The van der Waals surface area contributed by atoms with Crippen LogP contribution in [0, 0.1) is 0 Å². The standard InChI is InChI=1S/C23H23N3O5/c1-29-17-7-4-15(5-8-17)18-13-19-23(28)25(10-11-26(19)24-18)14-20(27)16-6-9-21(30-2)22(12-16)31-3/h4-13,20,27H,14H2,1-3H3/t20-/m1/s1. The van der Waals surface area contributed by atoms with E-state index < -0.39 is 6.10 Å². The Kier molecular flexibility index (Phi) is 5.64. The molecule has 8 heteroatoms. The van der Waals surface area contributed by atoms with E-state index in [9.17, 15) is 9.90 Å². The quantitative estimate of drug-likeness (QED) is 0.494. The predicted octanol–water partition coefficient (Wildman–Crippen LogP) is 2.92. The van der Waals surface area contributed by atoms with Gasteiger partial charge in [-0.25, -0.2) is 4.52 Å². The molecule has 1 atom stereocenters. The Morgan fingerprint density at radius 3 is 2.35 bits per heavy atom. The van der Waals surface area contributed by atoms with Crippen molar-refractivity contribution in [3.8, 4) is 28.5 Å². The molecule has 0 amide bonds. The highest BCUT2D eigenvalue weighted by Crippen LogP contribution is 2.30. The zero-order chi connectivity index (χ0) is 22.0. The first-order chi connectivity index (χ1) is 15.0. The van der Waals surface area contributed by atoms with E-state index in [2.05, 4.69) is 5.10 Å². The number of ether oxygens (including phenoxy) is 3. The number of fused-ring (bicyclic) bond motifs is 1. The summed E-state index contributed by atoms with van der Waals surface area (Å²) in [5.74, 6) is 1.84. The van der Waals surface area contributed by atoms with Gasteiger partial charge in [-0.05, 0) is 48.0 Å². The van der Waals surface area contributed by atoms with Gasteiger partial charge in [-0.2, -0.15) is 5.10 Å². The van der Waals surface area contributed by atoms with E-state index in [0.29, 0.717) is 28.3 Å². The van der Waals surface area contributed by atoms with Crippen molar-refractivity contribution in [2.75, 3.05) is 21.3 Å². The van der Waals surface area contributed by atoms with E-state index >= 15 is 0 Å². The topological polar surface area (TPSA) is 87.2 Å². The van der Waals surface area contributed by atoms with E-state index in [-0.39, 0.29) is 12.1 Å². The fraction of sp³-hybridized carbons (Fsp3) is 0.217. The van der Waals surface area contributed by atoms with Gasteiger partial charge in [0.2, 0.25) is 0 Å². The van der Waals surface area contributed by atoms with Gasteiger partial charge < -0.3 is 23.9 Å². The molecule has 2 heterocycles. The molecule has 0 spiro atoms. The summed E-state index contributed by atoms with van der Waals surface area (Å²) in [6.07, 6.45) is 2.42. The second kappa shape index (κ2) is 8.53. The number of nitrogens with zero attached hydrogens (tertiary/aromatic N) is 3. The average Bonchev–Trinajstić information content (AvgIpc) is 3.25. The lowest BCUT2D eigenvalue weighted by molar-refractivity contribution is 0.154. The predicted molar refractivity (Wildman–Crippen MR) is 116 cm³/mol. The number of hydrogen-bond donors (Lipinski definition) is 1.